The van der Waals surface area contributed by atoms with E-state index in [2.05, 4.69) is 5.32 Å². The first-order valence-corrected chi connectivity index (χ1v) is 8.62. The summed E-state index contributed by atoms with van der Waals surface area (Å²) in [7, 11) is 0. The quantitative estimate of drug-likeness (QED) is 0.761. The fourth-order valence-corrected chi connectivity index (χ4v) is 2.28. The molecule has 0 spiro atoms. The molecule has 0 radical (unpaired) electrons. The zero-order chi connectivity index (χ0) is 19.0. The second kappa shape index (κ2) is 9.04. The SMILES string of the molecule is CC(C)[C@](C)(NC(=O)OCc1ccccc1)C(=O)OCc1ccccc1. The lowest BCUT2D eigenvalue weighted by Crippen LogP contribution is -2.56. The predicted molar refractivity (Wildman–Crippen MR) is 99.2 cm³/mol. The summed E-state index contributed by atoms with van der Waals surface area (Å²) < 4.78 is 10.6. The Morgan fingerprint density at radius 1 is 0.885 bits per heavy atom. The minimum atomic E-state index is -1.18. The molecule has 1 N–H and O–H groups in total. The van der Waals surface area contributed by atoms with E-state index in [0.717, 1.165) is 11.1 Å². The Hall–Kier alpha value is -2.82. The molecular formula is C21H25NO4. The molecule has 1 atom stereocenters. The van der Waals surface area contributed by atoms with E-state index in [1.807, 2.05) is 74.5 Å². The maximum absolute atomic E-state index is 12.6. The van der Waals surface area contributed by atoms with Crippen LogP contribution in [0.15, 0.2) is 60.7 Å². The molecule has 0 aliphatic heterocycles. The first-order chi connectivity index (χ1) is 12.4. The van der Waals surface area contributed by atoms with Crippen molar-refractivity contribution in [2.24, 2.45) is 5.92 Å². The van der Waals surface area contributed by atoms with Crippen LogP contribution in [0.25, 0.3) is 0 Å². The van der Waals surface area contributed by atoms with Crippen molar-refractivity contribution in [1.82, 2.24) is 5.32 Å². The van der Waals surface area contributed by atoms with Crippen molar-refractivity contribution in [1.29, 1.82) is 0 Å². The summed E-state index contributed by atoms with van der Waals surface area (Å²) in [5.41, 5.74) is 0.585. The van der Waals surface area contributed by atoms with Gasteiger partial charge in [-0.15, -0.1) is 0 Å². The summed E-state index contributed by atoms with van der Waals surface area (Å²) in [6.45, 7) is 5.64. The maximum Gasteiger partial charge on any atom is 0.408 e. The van der Waals surface area contributed by atoms with Crippen molar-refractivity contribution in [3.05, 3.63) is 71.8 Å². The molecule has 5 heteroatoms. The van der Waals surface area contributed by atoms with E-state index in [4.69, 9.17) is 9.47 Å². The largest absolute Gasteiger partial charge is 0.459 e. The van der Waals surface area contributed by atoms with Gasteiger partial charge in [-0.05, 0) is 24.0 Å². The molecule has 138 valence electrons. The molecule has 0 fully saturated rings. The van der Waals surface area contributed by atoms with Crippen LogP contribution < -0.4 is 5.32 Å². The van der Waals surface area contributed by atoms with Crippen LogP contribution in [-0.4, -0.2) is 17.6 Å². The molecular weight excluding hydrogens is 330 g/mol. The van der Waals surface area contributed by atoms with E-state index in [1.54, 1.807) is 6.92 Å². The number of ether oxygens (including phenoxy) is 2. The molecule has 0 aliphatic carbocycles. The van der Waals surface area contributed by atoms with E-state index in [1.165, 1.54) is 0 Å². The highest BCUT2D eigenvalue weighted by molar-refractivity contribution is 5.85. The zero-order valence-corrected chi connectivity index (χ0v) is 15.4. The van der Waals surface area contributed by atoms with Gasteiger partial charge < -0.3 is 14.8 Å². The van der Waals surface area contributed by atoms with Gasteiger partial charge in [0.05, 0.1) is 0 Å². The van der Waals surface area contributed by atoms with Crippen LogP contribution in [0.5, 0.6) is 0 Å². The number of hydrogen-bond acceptors (Lipinski definition) is 4. The summed E-state index contributed by atoms with van der Waals surface area (Å²) in [6.07, 6.45) is -0.651. The van der Waals surface area contributed by atoms with Gasteiger partial charge in [0.1, 0.15) is 18.8 Å². The minimum Gasteiger partial charge on any atom is -0.459 e. The Kier molecular flexibility index (Phi) is 6.78. The van der Waals surface area contributed by atoms with E-state index in [9.17, 15) is 9.59 Å². The van der Waals surface area contributed by atoms with Gasteiger partial charge in [0.25, 0.3) is 0 Å². The lowest BCUT2D eigenvalue weighted by molar-refractivity contribution is -0.154. The van der Waals surface area contributed by atoms with Crippen LogP contribution in [0.3, 0.4) is 0 Å². The van der Waals surface area contributed by atoms with Crippen molar-refractivity contribution in [2.75, 3.05) is 0 Å². The molecule has 0 aromatic heterocycles. The molecule has 0 aliphatic rings. The summed E-state index contributed by atoms with van der Waals surface area (Å²) in [6, 6.07) is 18.8. The predicted octanol–water partition coefficient (Wildman–Crippen LogP) is 4.07. The molecule has 1 amide bonds. The number of rotatable bonds is 7. The molecule has 2 aromatic carbocycles. The molecule has 0 saturated carbocycles. The van der Waals surface area contributed by atoms with Gasteiger partial charge in [-0.1, -0.05) is 74.5 Å². The number of nitrogens with one attached hydrogen (secondary N) is 1. The summed E-state index contributed by atoms with van der Waals surface area (Å²) >= 11 is 0. The third kappa shape index (κ3) is 5.34. The highest BCUT2D eigenvalue weighted by Crippen LogP contribution is 2.20. The highest BCUT2D eigenvalue weighted by atomic mass is 16.6. The number of carbonyl (C=O) groups excluding carboxylic acids is 2. The number of esters is 1. The summed E-state index contributed by atoms with van der Waals surface area (Å²) in [4.78, 5) is 24.8. The maximum atomic E-state index is 12.6. The van der Waals surface area contributed by atoms with E-state index in [0.29, 0.717) is 0 Å². The van der Waals surface area contributed by atoms with Crippen LogP contribution in [-0.2, 0) is 27.5 Å². The topological polar surface area (TPSA) is 64.6 Å². The van der Waals surface area contributed by atoms with E-state index < -0.39 is 17.6 Å². The Morgan fingerprint density at radius 2 is 1.35 bits per heavy atom. The smallest absolute Gasteiger partial charge is 0.408 e. The van der Waals surface area contributed by atoms with E-state index in [-0.39, 0.29) is 19.1 Å². The molecule has 0 saturated heterocycles. The molecule has 0 unspecified atom stereocenters. The van der Waals surface area contributed by atoms with Crippen molar-refractivity contribution in [3.63, 3.8) is 0 Å². The first-order valence-electron chi connectivity index (χ1n) is 8.62. The Labute approximate surface area is 154 Å². The second-order valence-corrected chi connectivity index (χ2v) is 6.61. The van der Waals surface area contributed by atoms with Gasteiger partial charge in [0.15, 0.2) is 0 Å². The van der Waals surface area contributed by atoms with Crippen LogP contribution >= 0.6 is 0 Å². The fourth-order valence-electron chi connectivity index (χ4n) is 2.28. The number of benzene rings is 2. The number of hydrogen-bond donors (Lipinski definition) is 1. The van der Waals surface area contributed by atoms with Gasteiger partial charge in [-0.2, -0.15) is 0 Å². The third-order valence-electron chi connectivity index (χ3n) is 4.37. The molecule has 5 nitrogen and oxygen atoms in total. The van der Waals surface area contributed by atoms with Gasteiger partial charge in [-0.3, -0.25) is 0 Å². The zero-order valence-electron chi connectivity index (χ0n) is 15.4. The molecule has 2 aromatic rings. The molecule has 0 bridgehead atoms. The summed E-state index contributed by atoms with van der Waals surface area (Å²) in [5.74, 6) is -0.664. The molecule has 26 heavy (non-hydrogen) atoms. The van der Waals surface area contributed by atoms with Crippen molar-refractivity contribution < 1.29 is 19.1 Å². The van der Waals surface area contributed by atoms with Crippen molar-refractivity contribution >= 4 is 12.1 Å². The normalized spacial score (nSPS) is 12.9. The Bertz CT molecular complexity index is 715. The fraction of sp³-hybridized carbons (Fsp3) is 0.333. The number of alkyl carbamates (subject to hydrolysis) is 1. The van der Waals surface area contributed by atoms with Crippen LogP contribution in [0, 0.1) is 5.92 Å². The lowest BCUT2D eigenvalue weighted by Gasteiger charge is -2.31. The molecule has 2 rings (SSSR count). The first kappa shape index (κ1) is 19.5. The van der Waals surface area contributed by atoms with Crippen LogP contribution in [0.1, 0.15) is 31.9 Å². The minimum absolute atomic E-state index is 0.139. The van der Waals surface area contributed by atoms with Gasteiger partial charge in [0, 0.05) is 0 Å². The Balaban J connectivity index is 1.94. The van der Waals surface area contributed by atoms with Crippen LogP contribution in [0.4, 0.5) is 4.79 Å². The number of carbonyl (C=O) groups is 2. The second-order valence-electron chi connectivity index (χ2n) is 6.61. The molecule has 0 heterocycles. The Morgan fingerprint density at radius 3 is 1.81 bits per heavy atom. The van der Waals surface area contributed by atoms with E-state index >= 15 is 0 Å². The monoisotopic (exact) mass is 355 g/mol. The standard InChI is InChI=1S/C21H25NO4/c1-16(2)21(3,19(23)25-14-17-10-6-4-7-11-17)22-20(24)26-15-18-12-8-5-9-13-18/h4-13,16H,14-15H2,1-3H3,(H,22,24)/t21-/m0/s1. The number of amides is 1. The highest BCUT2D eigenvalue weighted by Gasteiger charge is 2.40. The van der Waals surface area contributed by atoms with Crippen LogP contribution in [0.2, 0.25) is 0 Å². The summed E-state index contributed by atoms with van der Waals surface area (Å²) in [5, 5.41) is 2.66. The van der Waals surface area contributed by atoms with Crippen molar-refractivity contribution in [3.8, 4) is 0 Å². The average molecular weight is 355 g/mol. The van der Waals surface area contributed by atoms with Gasteiger partial charge >= 0.3 is 12.1 Å². The van der Waals surface area contributed by atoms with Crippen molar-refractivity contribution in [2.45, 2.75) is 39.5 Å². The van der Waals surface area contributed by atoms with Gasteiger partial charge in [0.2, 0.25) is 0 Å². The third-order valence-corrected chi connectivity index (χ3v) is 4.37. The van der Waals surface area contributed by atoms with Gasteiger partial charge in [-0.25, -0.2) is 9.59 Å². The lowest BCUT2D eigenvalue weighted by atomic mass is 9.88. The average Bonchev–Trinajstić information content (AvgIpc) is 2.65.